The van der Waals surface area contributed by atoms with E-state index in [0.717, 1.165) is 32.1 Å². The lowest BCUT2D eigenvalue weighted by Gasteiger charge is -2.37. The summed E-state index contributed by atoms with van der Waals surface area (Å²) in [5.74, 6) is 1.23. The van der Waals surface area contributed by atoms with Gasteiger partial charge in [-0.15, -0.1) is 0 Å². The summed E-state index contributed by atoms with van der Waals surface area (Å²) in [6, 6.07) is 0.704. The second-order valence-corrected chi connectivity index (χ2v) is 6.94. The Morgan fingerprint density at radius 1 is 1.05 bits per heavy atom. The van der Waals surface area contributed by atoms with Crippen LogP contribution < -0.4 is 0 Å². The second kappa shape index (κ2) is 8.14. The zero-order chi connectivity index (χ0) is 15.2. The van der Waals surface area contributed by atoms with Crippen LogP contribution in [0.3, 0.4) is 0 Å². The minimum absolute atomic E-state index is 0.315. The maximum absolute atomic E-state index is 11.7. The van der Waals surface area contributed by atoms with E-state index in [2.05, 4.69) is 23.6 Å². The molecule has 0 saturated carbocycles. The Morgan fingerprint density at radius 3 is 2.19 bits per heavy atom. The van der Waals surface area contributed by atoms with Crippen LogP contribution >= 0.6 is 0 Å². The Kier molecular flexibility index (Phi) is 6.49. The van der Waals surface area contributed by atoms with E-state index in [4.69, 9.17) is 0 Å². The SMILES string of the molecule is CCC(=O)N1CCN(CCC2CCN(C(C)C)CC2)CC1. The predicted octanol–water partition coefficient (Wildman–Crippen LogP) is 2.05. The van der Waals surface area contributed by atoms with Crippen LogP contribution in [0.15, 0.2) is 0 Å². The van der Waals surface area contributed by atoms with E-state index in [9.17, 15) is 4.79 Å². The van der Waals surface area contributed by atoms with Crippen molar-refractivity contribution in [2.75, 3.05) is 45.8 Å². The highest BCUT2D eigenvalue weighted by atomic mass is 16.2. The van der Waals surface area contributed by atoms with Gasteiger partial charge in [-0.1, -0.05) is 6.92 Å². The molecule has 21 heavy (non-hydrogen) atoms. The summed E-state index contributed by atoms with van der Waals surface area (Å²) in [6.45, 7) is 14.3. The van der Waals surface area contributed by atoms with Crippen molar-refractivity contribution in [2.24, 2.45) is 5.92 Å². The van der Waals surface area contributed by atoms with Crippen LogP contribution in [-0.2, 0) is 4.79 Å². The number of piperidine rings is 1. The van der Waals surface area contributed by atoms with Crippen LogP contribution in [0.1, 0.15) is 46.5 Å². The largest absolute Gasteiger partial charge is 0.340 e. The van der Waals surface area contributed by atoms with Crippen LogP contribution in [0.25, 0.3) is 0 Å². The first-order valence-electron chi connectivity index (χ1n) is 8.84. The number of hydrogen-bond acceptors (Lipinski definition) is 3. The third-order valence-electron chi connectivity index (χ3n) is 5.26. The Morgan fingerprint density at radius 2 is 1.67 bits per heavy atom. The van der Waals surface area contributed by atoms with Crippen LogP contribution in [0, 0.1) is 5.92 Å². The Labute approximate surface area is 130 Å². The highest BCUT2D eigenvalue weighted by Crippen LogP contribution is 2.22. The highest BCUT2D eigenvalue weighted by Gasteiger charge is 2.23. The van der Waals surface area contributed by atoms with Crippen molar-refractivity contribution in [3.05, 3.63) is 0 Å². The monoisotopic (exact) mass is 295 g/mol. The van der Waals surface area contributed by atoms with Gasteiger partial charge in [-0.2, -0.15) is 0 Å². The molecule has 0 aromatic heterocycles. The van der Waals surface area contributed by atoms with Crippen LogP contribution in [0.2, 0.25) is 0 Å². The second-order valence-electron chi connectivity index (χ2n) is 6.94. The molecular weight excluding hydrogens is 262 g/mol. The molecule has 0 atom stereocenters. The molecule has 0 aliphatic carbocycles. The van der Waals surface area contributed by atoms with Gasteiger partial charge in [0.2, 0.25) is 5.91 Å². The van der Waals surface area contributed by atoms with E-state index >= 15 is 0 Å². The van der Waals surface area contributed by atoms with Gasteiger partial charge in [0.1, 0.15) is 0 Å². The molecule has 0 radical (unpaired) electrons. The molecule has 0 bridgehead atoms. The van der Waals surface area contributed by atoms with Gasteiger partial charge in [0, 0.05) is 38.6 Å². The minimum Gasteiger partial charge on any atom is -0.340 e. The quantitative estimate of drug-likeness (QED) is 0.777. The summed E-state index contributed by atoms with van der Waals surface area (Å²) in [7, 11) is 0. The van der Waals surface area contributed by atoms with Gasteiger partial charge in [-0.25, -0.2) is 0 Å². The predicted molar refractivity (Wildman–Crippen MR) is 87.4 cm³/mol. The van der Waals surface area contributed by atoms with Crippen molar-refractivity contribution in [2.45, 2.75) is 52.5 Å². The standard InChI is InChI=1S/C17H33N3O/c1-4-17(21)20-13-11-18(12-14-20)8-5-16-6-9-19(10-7-16)15(2)3/h15-16H,4-14H2,1-3H3. The van der Waals surface area contributed by atoms with Crippen molar-refractivity contribution in [1.82, 2.24) is 14.7 Å². The lowest BCUT2D eigenvalue weighted by atomic mass is 9.92. The first-order valence-corrected chi connectivity index (χ1v) is 8.84. The summed E-state index contributed by atoms with van der Waals surface area (Å²) >= 11 is 0. The summed E-state index contributed by atoms with van der Waals surface area (Å²) < 4.78 is 0. The number of hydrogen-bond donors (Lipinski definition) is 0. The van der Waals surface area contributed by atoms with Crippen molar-refractivity contribution in [3.63, 3.8) is 0 Å². The number of likely N-dealkylation sites (tertiary alicyclic amines) is 1. The molecule has 1 amide bonds. The number of nitrogens with zero attached hydrogens (tertiary/aromatic N) is 3. The maximum atomic E-state index is 11.7. The molecule has 122 valence electrons. The molecule has 4 nitrogen and oxygen atoms in total. The van der Waals surface area contributed by atoms with E-state index in [0.29, 0.717) is 18.4 Å². The molecule has 2 fully saturated rings. The summed E-state index contributed by atoms with van der Waals surface area (Å²) in [6.07, 6.45) is 4.72. The highest BCUT2D eigenvalue weighted by molar-refractivity contribution is 5.75. The van der Waals surface area contributed by atoms with E-state index in [1.54, 1.807) is 0 Å². The van der Waals surface area contributed by atoms with Gasteiger partial charge < -0.3 is 9.80 Å². The van der Waals surface area contributed by atoms with Gasteiger partial charge in [0.25, 0.3) is 0 Å². The Hall–Kier alpha value is -0.610. The number of piperazine rings is 1. The van der Waals surface area contributed by atoms with E-state index in [-0.39, 0.29) is 0 Å². The molecule has 4 heteroatoms. The third-order valence-corrected chi connectivity index (χ3v) is 5.26. The first kappa shape index (κ1) is 16.8. The minimum atomic E-state index is 0.315. The lowest BCUT2D eigenvalue weighted by Crippen LogP contribution is -2.49. The van der Waals surface area contributed by atoms with Gasteiger partial charge in [-0.3, -0.25) is 9.69 Å². The molecule has 2 aliphatic heterocycles. The van der Waals surface area contributed by atoms with Gasteiger partial charge >= 0.3 is 0 Å². The topological polar surface area (TPSA) is 26.8 Å². The summed E-state index contributed by atoms with van der Waals surface area (Å²) in [5, 5.41) is 0. The van der Waals surface area contributed by atoms with Gasteiger partial charge in [-0.05, 0) is 58.7 Å². The smallest absolute Gasteiger partial charge is 0.222 e. The van der Waals surface area contributed by atoms with E-state index in [1.807, 2.05) is 11.8 Å². The summed E-state index contributed by atoms with van der Waals surface area (Å²) in [5.41, 5.74) is 0. The first-order chi connectivity index (χ1) is 10.1. The summed E-state index contributed by atoms with van der Waals surface area (Å²) in [4.78, 5) is 18.8. The molecule has 0 aromatic rings. The molecular formula is C17H33N3O. The van der Waals surface area contributed by atoms with Crippen molar-refractivity contribution in [3.8, 4) is 0 Å². The maximum Gasteiger partial charge on any atom is 0.222 e. The fraction of sp³-hybridized carbons (Fsp3) is 0.941. The Bertz CT molecular complexity index is 316. The van der Waals surface area contributed by atoms with Crippen LogP contribution in [0.4, 0.5) is 0 Å². The lowest BCUT2D eigenvalue weighted by molar-refractivity contribution is -0.132. The molecule has 0 N–H and O–H groups in total. The average Bonchev–Trinajstić information content (AvgIpc) is 2.53. The zero-order valence-corrected chi connectivity index (χ0v) is 14.2. The van der Waals surface area contributed by atoms with E-state index < -0.39 is 0 Å². The van der Waals surface area contributed by atoms with Crippen molar-refractivity contribution < 1.29 is 4.79 Å². The van der Waals surface area contributed by atoms with Crippen LogP contribution in [-0.4, -0.2) is 72.5 Å². The number of amides is 1. The fourth-order valence-electron chi connectivity index (χ4n) is 3.57. The van der Waals surface area contributed by atoms with E-state index in [1.165, 1.54) is 38.9 Å². The molecule has 2 saturated heterocycles. The number of rotatable bonds is 5. The van der Waals surface area contributed by atoms with Gasteiger partial charge in [0.15, 0.2) is 0 Å². The third kappa shape index (κ3) is 4.96. The van der Waals surface area contributed by atoms with Crippen molar-refractivity contribution >= 4 is 5.91 Å². The molecule has 0 spiro atoms. The van der Waals surface area contributed by atoms with Gasteiger partial charge in [0.05, 0.1) is 0 Å². The number of carbonyl (C=O) groups is 1. The molecule has 2 rings (SSSR count). The molecule has 0 unspecified atom stereocenters. The zero-order valence-electron chi connectivity index (χ0n) is 14.2. The number of carbonyl (C=O) groups excluding carboxylic acids is 1. The molecule has 0 aromatic carbocycles. The normalized spacial score (nSPS) is 23.0. The van der Waals surface area contributed by atoms with Crippen molar-refractivity contribution in [1.29, 1.82) is 0 Å². The average molecular weight is 295 g/mol. The fourth-order valence-corrected chi connectivity index (χ4v) is 3.57. The molecule has 2 heterocycles. The molecule has 2 aliphatic rings. The Balaban J connectivity index is 1.61. The van der Waals surface area contributed by atoms with Crippen LogP contribution in [0.5, 0.6) is 0 Å².